The van der Waals surface area contributed by atoms with Crippen molar-refractivity contribution in [3.8, 4) is 0 Å². The molecule has 7 heteroatoms. The van der Waals surface area contributed by atoms with E-state index in [2.05, 4.69) is 5.32 Å². The fourth-order valence-electron chi connectivity index (χ4n) is 3.81. The zero-order valence-corrected chi connectivity index (χ0v) is 16.6. The Hall–Kier alpha value is -2.54. The molecule has 2 aliphatic rings. The molecule has 0 spiro atoms. The quantitative estimate of drug-likeness (QED) is 0.801. The van der Waals surface area contributed by atoms with Crippen molar-refractivity contribution < 1.29 is 19.1 Å². The Morgan fingerprint density at radius 2 is 2.00 bits per heavy atom. The first-order valence-corrected chi connectivity index (χ1v) is 10.3. The van der Waals surface area contributed by atoms with Crippen LogP contribution in [0.3, 0.4) is 0 Å². The number of benzene rings is 2. The molecule has 0 saturated carbocycles. The number of ether oxygens (including phenoxy) is 1. The first-order chi connectivity index (χ1) is 13.4. The molecule has 2 amide bonds. The molecule has 2 aromatic rings. The van der Waals surface area contributed by atoms with Crippen LogP contribution in [0.5, 0.6) is 0 Å². The monoisotopic (exact) mass is 398 g/mol. The minimum atomic E-state index is -0.950. The van der Waals surface area contributed by atoms with E-state index in [1.54, 1.807) is 23.6 Å². The number of carbonyl (C=O) groups excluding carboxylic acids is 3. The first-order valence-electron chi connectivity index (χ1n) is 9.34. The highest BCUT2D eigenvalue weighted by molar-refractivity contribution is 8.01. The van der Waals surface area contributed by atoms with Crippen LogP contribution in [0, 0.1) is 0 Å². The van der Waals surface area contributed by atoms with Gasteiger partial charge in [0.15, 0.2) is 6.10 Å². The summed E-state index contributed by atoms with van der Waals surface area (Å²) in [7, 11) is 0. The molecule has 0 bridgehead atoms. The van der Waals surface area contributed by atoms with E-state index in [1.165, 1.54) is 0 Å². The van der Waals surface area contributed by atoms with E-state index in [1.807, 2.05) is 49.4 Å². The standard InChI is InChI=1S/C21H22N2O4S/c1-13(19(25)22-16-8-7-14-5-3-4-6-15(14)11-16)27-20(26)17-12-28-21(2)10-9-18(24)23(17)21/h3-8,11,13,17H,9-10,12H2,1-2H3,(H,22,25)/t13-,17+,21+/m1/s1. The van der Waals surface area contributed by atoms with Crippen molar-refractivity contribution in [2.75, 3.05) is 11.1 Å². The zero-order valence-electron chi connectivity index (χ0n) is 15.8. The Labute approximate surface area is 167 Å². The third-order valence-corrected chi connectivity index (χ3v) is 6.90. The van der Waals surface area contributed by atoms with Gasteiger partial charge in [-0.05, 0) is 43.2 Å². The molecular weight excluding hydrogens is 376 g/mol. The topological polar surface area (TPSA) is 75.7 Å². The van der Waals surface area contributed by atoms with Crippen LogP contribution in [-0.2, 0) is 19.1 Å². The predicted molar refractivity (Wildman–Crippen MR) is 109 cm³/mol. The highest BCUT2D eigenvalue weighted by Crippen LogP contribution is 2.47. The van der Waals surface area contributed by atoms with Crippen LogP contribution >= 0.6 is 11.8 Å². The summed E-state index contributed by atoms with van der Waals surface area (Å²) >= 11 is 1.60. The molecular formula is C21H22N2O4S. The number of hydrogen-bond donors (Lipinski definition) is 1. The van der Waals surface area contributed by atoms with Crippen molar-refractivity contribution in [2.45, 2.75) is 43.7 Å². The van der Waals surface area contributed by atoms with Crippen LogP contribution in [0.2, 0.25) is 0 Å². The van der Waals surface area contributed by atoms with E-state index >= 15 is 0 Å². The highest BCUT2D eigenvalue weighted by Gasteiger charge is 2.53. The molecule has 0 aromatic heterocycles. The average Bonchev–Trinajstić information content (AvgIpc) is 3.17. The Bertz CT molecular complexity index is 962. The van der Waals surface area contributed by atoms with E-state index in [-0.39, 0.29) is 10.8 Å². The summed E-state index contributed by atoms with van der Waals surface area (Å²) in [5, 5.41) is 4.88. The third kappa shape index (κ3) is 3.35. The lowest BCUT2D eigenvalue weighted by atomic mass is 10.1. The second-order valence-electron chi connectivity index (χ2n) is 7.40. The molecule has 2 fully saturated rings. The number of nitrogens with zero attached hydrogens (tertiary/aromatic N) is 1. The summed E-state index contributed by atoms with van der Waals surface area (Å²) in [6.45, 7) is 3.52. The number of thioether (sulfide) groups is 1. The molecule has 28 heavy (non-hydrogen) atoms. The Morgan fingerprint density at radius 3 is 2.79 bits per heavy atom. The molecule has 2 heterocycles. The zero-order chi connectivity index (χ0) is 19.9. The molecule has 2 saturated heterocycles. The van der Waals surface area contributed by atoms with Crippen LogP contribution in [-0.4, -0.2) is 45.5 Å². The third-order valence-electron chi connectivity index (χ3n) is 5.40. The van der Waals surface area contributed by atoms with Crippen LogP contribution < -0.4 is 5.32 Å². The van der Waals surface area contributed by atoms with E-state index in [0.717, 1.165) is 17.2 Å². The van der Waals surface area contributed by atoms with Crippen molar-refractivity contribution in [1.82, 2.24) is 4.90 Å². The summed E-state index contributed by atoms with van der Waals surface area (Å²) in [5.41, 5.74) is 0.644. The fourth-order valence-corrected chi connectivity index (χ4v) is 5.23. The summed E-state index contributed by atoms with van der Waals surface area (Å²) in [4.78, 5) is 38.6. The van der Waals surface area contributed by atoms with Crippen LogP contribution in [0.25, 0.3) is 10.8 Å². The van der Waals surface area contributed by atoms with Gasteiger partial charge in [-0.2, -0.15) is 0 Å². The van der Waals surface area contributed by atoms with Gasteiger partial charge in [-0.25, -0.2) is 4.79 Å². The number of hydrogen-bond acceptors (Lipinski definition) is 5. The number of esters is 1. The summed E-state index contributed by atoms with van der Waals surface area (Å²) < 4.78 is 5.40. The molecule has 1 N–H and O–H groups in total. The lowest BCUT2D eigenvalue weighted by molar-refractivity contribution is -0.160. The lowest BCUT2D eigenvalue weighted by Gasteiger charge is -2.29. The van der Waals surface area contributed by atoms with Gasteiger partial charge >= 0.3 is 5.97 Å². The van der Waals surface area contributed by atoms with Gasteiger partial charge < -0.3 is 15.0 Å². The van der Waals surface area contributed by atoms with E-state index in [4.69, 9.17) is 4.74 Å². The van der Waals surface area contributed by atoms with Crippen molar-refractivity contribution in [1.29, 1.82) is 0 Å². The number of nitrogens with one attached hydrogen (secondary N) is 1. The number of anilines is 1. The van der Waals surface area contributed by atoms with Crippen molar-refractivity contribution >= 4 is 46.0 Å². The first kappa shape index (κ1) is 18.8. The summed E-state index contributed by atoms with van der Waals surface area (Å²) in [6.07, 6.45) is 0.234. The maximum absolute atomic E-state index is 12.6. The Kier molecular flexibility index (Phi) is 4.79. The molecule has 0 unspecified atom stereocenters. The maximum atomic E-state index is 12.6. The Morgan fingerprint density at radius 1 is 1.25 bits per heavy atom. The van der Waals surface area contributed by atoms with Gasteiger partial charge in [0.25, 0.3) is 5.91 Å². The minimum absolute atomic E-state index is 0.0253. The molecule has 3 atom stereocenters. The molecule has 4 rings (SSSR count). The molecule has 6 nitrogen and oxygen atoms in total. The van der Waals surface area contributed by atoms with E-state index < -0.39 is 24.0 Å². The van der Waals surface area contributed by atoms with Crippen molar-refractivity contribution in [2.24, 2.45) is 0 Å². The predicted octanol–water partition coefficient (Wildman–Crippen LogP) is 3.16. The number of carbonyl (C=O) groups is 3. The summed E-state index contributed by atoms with van der Waals surface area (Å²) in [5.74, 6) is -0.444. The van der Waals surface area contributed by atoms with Gasteiger partial charge in [0.2, 0.25) is 5.91 Å². The van der Waals surface area contributed by atoms with Crippen LogP contribution in [0.4, 0.5) is 5.69 Å². The highest BCUT2D eigenvalue weighted by atomic mass is 32.2. The smallest absolute Gasteiger partial charge is 0.330 e. The van der Waals surface area contributed by atoms with Gasteiger partial charge in [0.05, 0.1) is 4.87 Å². The number of amides is 2. The number of rotatable bonds is 4. The molecule has 2 aromatic carbocycles. The van der Waals surface area contributed by atoms with Crippen molar-refractivity contribution in [3.05, 3.63) is 42.5 Å². The van der Waals surface area contributed by atoms with Gasteiger partial charge in [-0.3, -0.25) is 9.59 Å². The van der Waals surface area contributed by atoms with Crippen LogP contribution in [0.1, 0.15) is 26.7 Å². The van der Waals surface area contributed by atoms with E-state index in [0.29, 0.717) is 17.9 Å². The van der Waals surface area contributed by atoms with Crippen molar-refractivity contribution in [3.63, 3.8) is 0 Å². The molecule has 2 aliphatic heterocycles. The SMILES string of the molecule is C[C@@H](OC(=O)[C@@H]1CS[C@@]2(C)CCC(=O)N12)C(=O)Nc1ccc2ccccc2c1. The Balaban J connectivity index is 1.40. The minimum Gasteiger partial charge on any atom is -0.451 e. The van der Waals surface area contributed by atoms with E-state index in [9.17, 15) is 14.4 Å². The number of fused-ring (bicyclic) bond motifs is 2. The normalized spacial score (nSPS) is 24.9. The van der Waals surface area contributed by atoms with Gasteiger partial charge in [-0.1, -0.05) is 30.3 Å². The second kappa shape index (κ2) is 7.13. The van der Waals surface area contributed by atoms with Gasteiger partial charge in [0, 0.05) is 17.9 Å². The molecule has 0 radical (unpaired) electrons. The summed E-state index contributed by atoms with van der Waals surface area (Å²) in [6, 6.07) is 12.9. The molecule has 146 valence electrons. The second-order valence-corrected chi connectivity index (χ2v) is 8.90. The van der Waals surface area contributed by atoms with Gasteiger partial charge in [-0.15, -0.1) is 11.8 Å². The van der Waals surface area contributed by atoms with Gasteiger partial charge in [0.1, 0.15) is 6.04 Å². The fraction of sp³-hybridized carbons (Fsp3) is 0.381. The average molecular weight is 398 g/mol. The largest absolute Gasteiger partial charge is 0.451 e. The van der Waals surface area contributed by atoms with Crippen LogP contribution in [0.15, 0.2) is 42.5 Å². The molecule has 0 aliphatic carbocycles. The lowest BCUT2D eigenvalue weighted by Crippen LogP contribution is -2.48. The maximum Gasteiger partial charge on any atom is 0.330 e.